The Balaban J connectivity index is 1.29. The van der Waals surface area contributed by atoms with Crippen molar-refractivity contribution in [3.05, 3.63) is 90.1 Å². The van der Waals surface area contributed by atoms with Crippen molar-refractivity contribution >= 4 is 64.1 Å². The van der Waals surface area contributed by atoms with Crippen molar-refractivity contribution in [2.75, 3.05) is 19.6 Å². The molecule has 0 unspecified atom stereocenters. The molecule has 3 aliphatic heterocycles. The van der Waals surface area contributed by atoms with Crippen LogP contribution in [0.4, 0.5) is 0 Å². The molecule has 0 spiro atoms. The maximum Gasteiger partial charge on any atom is 0.246 e. The van der Waals surface area contributed by atoms with E-state index in [-0.39, 0.29) is 70.5 Å². The number of primary amides is 1. The van der Waals surface area contributed by atoms with Crippen molar-refractivity contribution in [1.29, 1.82) is 0 Å². The number of nitrogens with one attached hydrogen (secondary N) is 7. The number of nitrogens with zero attached hydrogens (tertiary/aromatic N) is 4. The molecule has 3 fully saturated rings. The Hall–Kier alpha value is -7.78. The second-order valence-electron chi connectivity index (χ2n) is 17.3. The number of aromatic nitrogens is 3. The molecule has 0 saturated carbocycles. The second-order valence-corrected chi connectivity index (χ2v) is 17.3. The smallest absolute Gasteiger partial charge is 0.246 e. The Morgan fingerprint density at radius 1 is 0.647 bits per heavy atom. The third-order valence-electron chi connectivity index (χ3n) is 12.5. The van der Waals surface area contributed by atoms with E-state index in [2.05, 4.69) is 46.5 Å². The van der Waals surface area contributed by atoms with Crippen molar-refractivity contribution in [3.8, 4) is 0 Å². The van der Waals surface area contributed by atoms with Crippen LogP contribution in [-0.4, -0.2) is 140 Å². The van der Waals surface area contributed by atoms with Gasteiger partial charge in [0.25, 0.3) is 0 Å². The van der Waals surface area contributed by atoms with Gasteiger partial charge < -0.3 is 63.6 Å². The minimum absolute atomic E-state index is 0.0326. The van der Waals surface area contributed by atoms with E-state index in [1.54, 1.807) is 36.5 Å². The molecule has 3 aliphatic rings. The van der Waals surface area contributed by atoms with Crippen LogP contribution < -0.4 is 43.8 Å². The van der Waals surface area contributed by atoms with Crippen LogP contribution in [0.1, 0.15) is 61.8 Å². The number of para-hydroxylation sites is 1. The first kappa shape index (κ1) is 48.2. The Labute approximate surface area is 391 Å². The summed E-state index contributed by atoms with van der Waals surface area (Å²) in [6, 6.07) is 7.24. The standard InChI is InChI=1S/C46H58N14O8/c47-38(61)22-35-44(67)60-18-8-15-37(60)45(68)59-17-7-14-36(59)43(66)57-34(21-28-24-50-25-53-28)42(65)55-32(19-26-9-2-1-3-10-26)40(63)54-31(13-6-16-51-46(48)49)39(62)56-33(41(64)58-35)20-27-23-52-30-12-5-4-11-29(27)30/h1-5,9-12,23-25,31-37,52H,6-8,13-22H2,(H2,47,61)(H,50,53)(H,54,63)(H,55,65)(H,56,62)(H,57,66)(H,58,64)(H4,48,49,51)/t31-,32+,33-,34-,35-,36-,37+/m0/s1. The largest absolute Gasteiger partial charge is 0.370 e. The molecule has 2 aromatic carbocycles. The van der Waals surface area contributed by atoms with Gasteiger partial charge in [0.2, 0.25) is 47.3 Å². The van der Waals surface area contributed by atoms with Crippen LogP contribution in [0.15, 0.2) is 78.3 Å². The molecule has 3 saturated heterocycles. The van der Waals surface area contributed by atoms with E-state index in [9.17, 15) is 38.4 Å². The number of carbonyl (C=O) groups excluding carboxylic acids is 8. The number of hydrogen-bond acceptors (Lipinski definition) is 10. The van der Waals surface area contributed by atoms with E-state index in [0.717, 1.165) is 10.9 Å². The van der Waals surface area contributed by atoms with Crippen molar-refractivity contribution in [3.63, 3.8) is 0 Å². The lowest BCUT2D eigenvalue weighted by molar-refractivity contribution is -0.148. The minimum atomic E-state index is -1.54. The minimum Gasteiger partial charge on any atom is -0.370 e. The average molecular weight is 935 g/mol. The number of aromatic amines is 2. The summed E-state index contributed by atoms with van der Waals surface area (Å²) in [5, 5.41) is 14.6. The number of rotatable bonds is 12. The summed E-state index contributed by atoms with van der Waals surface area (Å²) >= 11 is 0. The van der Waals surface area contributed by atoms with Crippen molar-refractivity contribution in [1.82, 2.24) is 51.3 Å². The summed E-state index contributed by atoms with van der Waals surface area (Å²) in [6.07, 6.45) is 5.28. The summed E-state index contributed by atoms with van der Waals surface area (Å²) in [7, 11) is 0. The first-order chi connectivity index (χ1) is 32.7. The van der Waals surface area contributed by atoms with Crippen LogP contribution in [0, 0.1) is 0 Å². The van der Waals surface area contributed by atoms with Crippen LogP contribution >= 0.6 is 0 Å². The molecule has 360 valence electrons. The zero-order valence-corrected chi connectivity index (χ0v) is 37.4. The van der Waals surface area contributed by atoms with Crippen LogP contribution in [0.2, 0.25) is 0 Å². The van der Waals surface area contributed by atoms with E-state index >= 15 is 0 Å². The van der Waals surface area contributed by atoms with Crippen LogP contribution in [-0.2, 0) is 57.6 Å². The molecule has 4 aromatic rings. The van der Waals surface area contributed by atoms with Gasteiger partial charge in [0.1, 0.15) is 42.3 Å². The van der Waals surface area contributed by atoms with Gasteiger partial charge in [0, 0.05) is 67.9 Å². The predicted molar refractivity (Wildman–Crippen MR) is 247 cm³/mol. The molecule has 8 amide bonds. The quantitative estimate of drug-likeness (QED) is 0.0432. The zero-order valence-electron chi connectivity index (χ0n) is 37.4. The van der Waals surface area contributed by atoms with E-state index in [1.165, 1.54) is 22.3 Å². The average Bonchev–Trinajstić information content (AvgIpc) is 4.17. The van der Waals surface area contributed by atoms with Crippen LogP contribution in [0.5, 0.6) is 0 Å². The maximum atomic E-state index is 14.6. The van der Waals surface area contributed by atoms with Crippen molar-refractivity contribution < 1.29 is 38.4 Å². The lowest BCUT2D eigenvalue weighted by atomic mass is 10.0. The number of benzene rings is 2. The lowest BCUT2D eigenvalue weighted by Crippen LogP contribution is -2.60. The van der Waals surface area contributed by atoms with Gasteiger partial charge in [-0.15, -0.1) is 0 Å². The van der Waals surface area contributed by atoms with Crippen LogP contribution in [0.25, 0.3) is 10.9 Å². The number of amides is 8. The fourth-order valence-corrected chi connectivity index (χ4v) is 9.13. The molecule has 7 atom stereocenters. The summed E-state index contributed by atoms with van der Waals surface area (Å²) in [6.45, 7) is 0.379. The molecule has 13 N–H and O–H groups in total. The molecule has 0 radical (unpaired) electrons. The fraction of sp³-hybridized carbons (Fsp3) is 0.435. The first-order valence-corrected chi connectivity index (χ1v) is 22.8. The SMILES string of the molecule is NC(=O)C[C@@H]1NC(=O)[C@H](Cc2c[nH]c3ccccc23)NC(=O)[C@H](CCCN=C(N)N)NC(=O)[C@@H](Cc2ccccc2)NC(=O)[C@H](Cc2cnc[nH]2)NC(=O)[C@@H]2CCCN2C(=O)[C@H]2CCCN2C1=O. The van der Waals surface area contributed by atoms with Crippen molar-refractivity contribution in [2.45, 2.75) is 107 Å². The molecule has 22 heteroatoms. The second kappa shape index (κ2) is 22.1. The first-order valence-electron chi connectivity index (χ1n) is 22.8. The van der Waals surface area contributed by atoms with Gasteiger partial charge in [-0.1, -0.05) is 48.5 Å². The topological polar surface area (TPSA) is 338 Å². The summed E-state index contributed by atoms with van der Waals surface area (Å²) in [5.74, 6) is -6.13. The highest BCUT2D eigenvalue weighted by Gasteiger charge is 2.45. The Morgan fingerprint density at radius 2 is 1.24 bits per heavy atom. The number of nitrogens with two attached hydrogens (primary N) is 3. The van der Waals surface area contributed by atoms with E-state index in [0.29, 0.717) is 29.7 Å². The van der Waals surface area contributed by atoms with Crippen LogP contribution in [0.3, 0.4) is 0 Å². The monoisotopic (exact) mass is 934 g/mol. The van der Waals surface area contributed by atoms with Gasteiger partial charge in [-0.2, -0.15) is 0 Å². The molecular weight excluding hydrogens is 877 g/mol. The van der Waals surface area contributed by atoms with Gasteiger partial charge in [-0.3, -0.25) is 43.3 Å². The van der Waals surface area contributed by atoms with Gasteiger partial charge in [0.15, 0.2) is 5.96 Å². The maximum absolute atomic E-state index is 14.6. The number of guanidine groups is 1. The van der Waals surface area contributed by atoms with Gasteiger partial charge in [0.05, 0.1) is 12.7 Å². The number of fused-ring (bicyclic) bond motifs is 3. The zero-order chi connectivity index (χ0) is 48.3. The Bertz CT molecular complexity index is 2510. The Morgan fingerprint density at radius 3 is 1.91 bits per heavy atom. The molecule has 0 bridgehead atoms. The number of aliphatic imine (C=N–C) groups is 1. The molecule has 22 nitrogen and oxygen atoms in total. The number of H-pyrrole nitrogens is 2. The molecule has 2 aromatic heterocycles. The molecule has 68 heavy (non-hydrogen) atoms. The summed E-state index contributed by atoms with van der Waals surface area (Å²) in [5.41, 5.74) is 19.4. The molecular formula is C46H58N14O8. The normalized spacial score (nSPS) is 24.5. The molecule has 0 aliphatic carbocycles. The van der Waals surface area contributed by atoms with E-state index in [4.69, 9.17) is 17.2 Å². The lowest BCUT2D eigenvalue weighted by Gasteiger charge is -2.33. The third-order valence-corrected chi connectivity index (χ3v) is 12.5. The summed E-state index contributed by atoms with van der Waals surface area (Å²) in [4.78, 5) is 131. The highest BCUT2D eigenvalue weighted by molar-refractivity contribution is 6.00. The van der Waals surface area contributed by atoms with Gasteiger partial charge >= 0.3 is 0 Å². The van der Waals surface area contributed by atoms with E-state index < -0.39 is 96.0 Å². The van der Waals surface area contributed by atoms with Gasteiger partial charge in [-0.05, 0) is 55.7 Å². The predicted octanol–water partition coefficient (Wildman–Crippen LogP) is -1.73. The highest BCUT2D eigenvalue weighted by atomic mass is 16.2. The molecule has 7 rings (SSSR count). The summed E-state index contributed by atoms with van der Waals surface area (Å²) < 4.78 is 0. The Kier molecular flexibility index (Phi) is 15.7. The molecule has 5 heterocycles. The third kappa shape index (κ3) is 12.0. The fourth-order valence-electron chi connectivity index (χ4n) is 9.13. The number of imidazole rings is 1. The number of hydrogen-bond donors (Lipinski definition) is 10. The van der Waals surface area contributed by atoms with Crippen molar-refractivity contribution in [2.24, 2.45) is 22.2 Å². The van der Waals surface area contributed by atoms with E-state index in [1.807, 2.05) is 24.3 Å². The number of carbonyl (C=O) groups is 8. The highest BCUT2D eigenvalue weighted by Crippen LogP contribution is 2.27. The van der Waals surface area contributed by atoms with Gasteiger partial charge in [-0.25, -0.2) is 4.98 Å².